The van der Waals surface area contributed by atoms with E-state index in [-0.39, 0.29) is 0 Å². The highest BCUT2D eigenvalue weighted by molar-refractivity contribution is 7.99. The maximum atomic E-state index is 5.07. The topological polar surface area (TPSA) is 38.7 Å². The van der Waals surface area contributed by atoms with Gasteiger partial charge < -0.3 is 0 Å². The highest BCUT2D eigenvalue weighted by atomic mass is 32.2. The molecule has 0 saturated carbocycles. The molecule has 2 heterocycles. The zero-order valence-electron chi connectivity index (χ0n) is 29.1. The van der Waals surface area contributed by atoms with Crippen molar-refractivity contribution in [3.05, 3.63) is 210 Å². The molecular formula is C50H31N3S. The molecule has 2 aliphatic rings. The van der Waals surface area contributed by atoms with Gasteiger partial charge in [0, 0.05) is 26.5 Å². The summed E-state index contributed by atoms with van der Waals surface area (Å²) in [6, 6.07) is 67.4. The quantitative estimate of drug-likeness (QED) is 0.183. The van der Waals surface area contributed by atoms with E-state index in [1.54, 1.807) is 0 Å². The highest BCUT2D eigenvalue weighted by Gasteiger charge is 2.50. The summed E-state index contributed by atoms with van der Waals surface area (Å²) < 4.78 is 0. The van der Waals surface area contributed by atoms with E-state index < -0.39 is 5.41 Å². The molecule has 0 atom stereocenters. The lowest BCUT2D eigenvalue weighted by Crippen LogP contribution is -2.32. The molecule has 8 aromatic carbocycles. The van der Waals surface area contributed by atoms with E-state index in [2.05, 4.69) is 170 Å². The molecule has 0 saturated heterocycles. The zero-order chi connectivity index (χ0) is 35.6. The number of nitrogens with zero attached hydrogens (tertiary/aromatic N) is 3. The van der Waals surface area contributed by atoms with Crippen LogP contribution in [-0.4, -0.2) is 15.0 Å². The minimum atomic E-state index is -0.405. The Kier molecular flexibility index (Phi) is 7.01. The Labute approximate surface area is 318 Å². The van der Waals surface area contributed by atoms with E-state index in [0.717, 1.165) is 27.6 Å². The Balaban J connectivity index is 1.05. The standard InChI is InChI=1S/C50H31N3S/c1-2-14-34(15-3-1)47-51-48(53-49(52-47)37-30-25-32-13-4-5-16-36(32)31-37)35-28-26-33(27-29-35)38-19-12-23-44-46(38)54-45-24-11-10-22-43(45)50(44)41-20-8-6-17-39(41)40-18-7-9-21-42(40)50/h1-31H. The van der Waals surface area contributed by atoms with Gasteiger partial charge in [0.15, 0.2) is 17.5 Å². The van der Waals surface area contributed by atoms with Crippen molar-refractivity contribution >= 4 is 22.5 Å². The molecule has 252 valence electrons. The first kappa shape index (κ1) is 31.0. The molecule has 0 N–H and O–H groups in total. The molecule has 11 rings (SSSR count). The molecule has 0 unspecified atom stereocenters. The van der Waals surface area contributed by atoms with Gasteiger partial charge >= 0.3 is 0 Å². The lowest BCUT2D eigenvalue weighted by molar-refractivity contribution is 0.723. The van der Waals surface area contributed by atoms with Gasteiger partial charge in [0.25, 0.3) is 0 Å². The Morgan fingerprint density at radius 3 is 1.56 bits per heavy atom. The molecule has 0 fully saturated rings. The highest BCUT2D eigenvalue weighted by Crippen LogP contribution is 2.63. The fraction of sp³-hybridized carbons (Fsp3) is 0.0200. The van der Waals surface area contributed by atoms with Crippen molar-refractivity contribution in [2.75, 3.05) is 0 Å². The summed E-state index contributed by atoms with van der Waals surface area (Å²) in [6.45, 7) is 0. The van der Waals surface area contributed by atoms with Gasteiger partial charge in [-0.3, -0.25) is 0 Å². The van der Waals surface area contributed by atoms with E-state index in [0.29, 0.717) is 17.5 Å². The molecule has 0 bridgehead atoms. The Bertz CT molecular complexity index is 2870. The van der Waals surface area contributed by atoms with Crippen molar-refractivity contribution in [3.8, 4) is 56.4 Å². The van der Waals surface area contributed by atoms with Crippen LogP contribution in [0.1, 0.15) is 22.3 Å². The van der Waals surface area contributed by atoms with Crippen molar-refractivity contribution < 1.29 is 0 Å². The Morgan fingerprint density at radius 2 is 0.833 bits per heavy atom. The minimum Gasteiger partial charge on any atom is -0.208 e. The van der Waals surface area contributed by atoms with Gasteiger partial charge in [-0.2, -0.15) is 0 Å². The fourth-order valence-electron chi connectivity index (χ4n) is 8.58. The lowest BCUT2D eigenvalue weighted by Gasteiger charge is -2.40. The second-order valence-corrected chi connectivity index (χ2v) is 15.0. The van der Waals surface area contributed by atoms with Gasteiger partial charge in [-0.1, -0.05) is 188 Å². The van der Waals surface area contributed by atoms with E-state index in [1.807, 2.05) is 30.0 Å². The monoisotopic (exact) mass is 705 g/mol. The average Bonchev–Trinajstić information content (AvgIpc) is 3.54. The third-order valence-electron chi connectivity index (χ3n) is 11.0. The van der Waals surface area contributed by atoms with Crippen LogP contribution < -0.4 is 0 Å². The minimum absolute atomic E-state index is 0.405. The molecule has 0 radical (unpaired) electrons. The third kappa shape index (κ3) is 4.67. The van der Waals surface area contributed by atoms with Crippen LogP contribution in [-0.2, 0) is 5.41 Å². The van der Waals surface area contributed by atoms with Gasteiger partial charge in [0.05, 0.1) is 5.41 Å². The SMILES string of the molecule is c1ccc(-c2nc(-c3ccc(-c4cccc5c4Sc4ccccc4C54c5ccccc5-c5ccccc54)cc3)nc(-c3ccc4ccccc4c3)n2)cc1. The Hall–Kier alpha value is -6.62. The number of hydrogen-bond acceptors (Lipinski definition) is 4. The summed E-state index contributed by atoms with van der Waals surface area (Å²) in [5, 5.41) is 2.34. The van der Waals surface area contributed by atoms with Crippen LogP contribution in [0.25, 0.3) is 67.2 Å². The van der Waals surface area contributed by atoms with Crippen molar-refractivity contribution in [2.45, 2.75) is 15.2 Å². The fourth-order valence-corrected chi connectivity index (χ4v) is 9.91. The first-order chi connectivity index (χ1) is 26.8. The van der Waals surface area contributed by atoms with E-state index >= 15 is 0 Å². The molecule has 1 aliphatic carbocycles. The number of fused-ring (bicyclic) bond motifs is 10. The van der Waals surface area contributed by atoms with Crippen molar-refractivity contribution in [1.29, 1.82) is 0 Å². The summed E-state index contributed by atoms with van der Waals surface area (Å²) in [5.74, 6) is 1.96. The van der Waals surface area contributed by atoms with Crippen molar-refractivity contribution in [2.24, 2.45) is 0 Å². The maximum Gasteiger partial charge on any atom is 0.164 e. The lowest BCUT2D eigenvalue weighted by atomic mass is 9.67. The van der Waals surface area contributed by atoms with E-state index in [4.69, 9.17) is 15.0 Å². The third-order valence-corrected chi connectivity index (χ3v) is 12.2. The first-order valence-electron chi connectivity index (χ1n) is 18.3. The molecule has 9 aromatic rings. The van der Waals surface area contributed by atoms with Gasteiger partial charge in [-0.15, -0.1) is 0 Å². The number of aromatic nitrogens is 3. The van der Waals surface area contributed by atoms with Crippen LogP contribution >= 0.6 is 11.8 Å². The predicted octanol–water partition coefficient (Wildman–Crippen LogP) is 12.5. The molecule has 54 heavy (non-hydrogen) atoms. The van der Waals surface area contributed by atoms with E-state index in [9.17, 15) is 0 Å². The molecule has 0 amide bonds. The second kappa shape index (κ2) is 12.2. The van der Waals surface area contributed by atoms with Crippen LogP contribution in [0.5, 0.6) is 0 Å². The van der Waals surface area contributed by atoms with Crippen LogP contribution in [0.2, 0.25) is 0 Å². The summed E-state index contributed by atoms with van der Waals surface area (Å²) in [6.07, 6.45) is 0. The smallest absolute Gasteiger partial charge is 0.164 e. The second-order valence-electron chi connectivity index (χ2n) is 13.9. The van der Waals surface area contributed by atoms with Gasteiger partial charge in [-0.25, -0.2) is 15.0 Å². The summed E-state index contributed by atoms with van der Waals surface area (Å²) in [7, 11) is 0. The summed E-state index contributed by atoms with van der Waals surface area (Å²) in [5.41, 5.74) is 12.8. The molecular weight excluding hydrogens is 675 g/mol. The van der Waals surface area contributed by atoms with Crippen LogP contribution in [0.4, 0.5) is 0 Å². The predicted molar refractivity (Wildman–Crippen MR) is 221 cm³/mol. The number of rotatable bonds is 4. The number of hydrogen-bond donors (Lipinski definition) is 0. The van der Waals surface area contributed by atoms with Crippen molar-refractivity contribution in [3.63, 3.8) is 0 Å². The molecule has 1 aromatic heterocycles. The first-order valence-corrected chi connectivity index (χ1v) is 19.1. The summed E-state index contributed by atoms with van der Waals surface area (Å²) >= 11 is 1.88. The normalized spacial score (nSPS) is 13.3. The molecule has 3 nitrogen and oxygen atoms in total. The van der Waals surface area contributed by atoms with Crippen LogP contribution in [0.15, 0.2) is 198 Å². The molecule has 1 aliphatic heterocycles. The van der Waals surface area contributed by atoms with Crippen molar-refractivity contribution in [1.82, 2.24) is 15.0 Å². The van der Waals surface area contributed by atoms with E-state index in [1.165, 1.54) is 54.1 Å². The van der Waals surface area contributed by atoms with Gasteiger partial charge in [-0.05, 0) is 67.4 Å². The maximum absolute atomic E-state index is 5.07. The molecule has 1 spiro atoms. The van der Waals surface area contributed by atoms with Gasteiger partial charge in [0.2, 0.25) is 0 Å². The average molecular weight is 706 g/mol. The molecule has 4 heteroatoms. The largest absolute Gasteiger partial charge is 0.208 e. The zero-order valence-corrected chi connectivity index (χ0v) is 30.0. The Morgan fingerprint density at radius 1 is 0.333 bits per heavy atom. The number of benzene rings is 8. The van der Waals surface area contributed by atoms with Crippen LogP contribution in [0, 0.1) is 0 Å². The van der Waals surface area contributed by atoms with Gasteiger partial charge in [0.1, 0.15) is 0 Å². The van der Waals surface area contributed by atoms with Crippen LogP contribution in [0.3, 0.4) is 0 Å². The summed E-state index contributed by atoms with van der Waals surface area (Å²) in [4.78, 5) is 17.7.